The van der Waals surface area contributed by atoms with Crippen molar-refractivity contribution in [2.24, 2.45) is 5.84 Å². The fourth-order valence-electron chi connectivity index (χ4n) is 2.64. The van der Waals surface area contributed by atoms with Gasteiger partial charge in [0.05, 0.1) is 11.7 Å². The molecule has 1 aliphatic carbocycles. The van der Waals surface area contributed by atoms with Gasteiger partial charge in [-0.3, -0.25) is 11.3 Å². The van der Waals surface area contributed by atoms with Crippen LogP contribution in [-0.2, 0) is 6.42 Å². The van der Waals surface area contributed by atoms with Crippen molar-refractivity contribution >= 4 is 0 Å². The molecule has 92 valence electrons. The number of hydrogen-bond acceptors (Lipinski definition) is 4. The fraction of sp³-hybridized carbons (Fsp3) is 0.286. The third kappa shape index (κ3) is 2.00. The highest BCUT2D eigenvalue weighted by atomic mass is 15.2. The Morgan fingerprint density at radius 2 is 2.22 bits per heavy atom. The van der Waals surface area contributed by atoms with Crippen LogP contribution < -0.4 is 11.3 Å². The summed E-state index contributed by atoms with van der Waals surface area (Å²) in [7, 11) is 0. The van der Waals surface area contributed by atoms with Crippen molar-refractivity contribution in [3.05, 3.63) is 59.7 Å². The molecule has 0 spiro atoms. The van der Waals surface area contributed by atoms with Gasteiger partial charge < -0.3 is 0 Å². The van der Waals surface area contributed by atoms with Gasteiger partial charge in [0.1, 0.15) is 6.33 Å². The van der Waals surface area contributed by atoms with Gasteiger partial charge in [-0.05, 0) is 36.0 Å². The molecule has 0 bridgehead atoms. The third-order valence-electron chi connectivity index (χ3n) is 3.64. The maximum atomic E-state index is 5.64. The first-order chi connectivity index (χ1) is 8.88. The van der Waals surface area contributed by atoms with E-state index in [4.69, 9.17) is 5.84 Å². The molecule has 2 aromatic rings. The lowest BCUT2D eigenvalue weighted by molar-refractivity contribution is 0.428. The highest BCUT2D eigenvalue weighted by Gasteiger charge is 2.28. The molecule has 4 heteroatoms. The molecule has 3 N–H and O–H groups in total. The van der Waals surface area contributed by atoms with Crippen LogP contribution in [0.2, 0.25) is 0 Å². The molecule has 3 rings (SSSR count). The smallest absolute Gasteiger partial charge is 0.115 e. The quantitative estimate of drug-likeness (QED) is 0.631. The summed E-state index contributed by atoms with van der Waals surface area (Å²) in [5.74, 6) is 6.22. The number of hydrazine groups is 1. The van der Waals surface area contributed by atoms with Crippen LogP contribution in [0, 0.1) is 0 Å². The maximum absolute atomic E-state index is 5.64. The lowest BCUT2D eigenvalue weighted by Crippen LogP contribution is -2.32. The minimum atomic E-state index is 0.0892. The van der Waals surface area contributed by atoms with Crippen LogP contribution in [0.1, 0.15) is 35.2 Å². The Kier molecular flexibility index (Phi) is 3.04. The Morgan fingerprint density at radius 3 is 2.94 bits per heavy atom. The van der Waals surface area contributed by atoms with E-state index >= 15 is 0 Å². The van der Waals surface area contributed by atoms with Gasteiger partial charge in [0, 0.05) is 6.20 Å². The highest BCUT2D eigenvalue weighted by molar-refractivity contribution is 5.40. The molecule has 1 aliphatic rings. The molecule has 2 atom stereocenters. The third-order valence-corrected chi connectivity index (χ3v) is 3.64. The molecule has 0 amide bonds. The van der Waals surface area contributed by atoms with Crippen LogP contribution in [0.5, 0.6) is 0 Å². The number of benzene rings is 1. The average molecular weight is 240 g/mol. The molecular formula is C14H16N4. The fourth-order valence-corrected chi connectivity index (χ4v) is 2.64. The Balaban J connectivity index is 1.74. The van der Waals surface area contributed by atoms with Gasteiger partial charge in [0.2, 0.25) is 0 Å². The summed E-state index contributed by atoms with van der Waals surface area (Å²) >= 11 is 0. The first-order valence-corrected chi connectivity index (χ1v) is 6.18. The largest absolute Gasteiger partial charge is 0.271 e. The van der Waals surface area contributed by atoms with Gasteiger partial charge in [0.25, 0.3) is 0 Å². The van der Waals surface area contributed by atoms with Gasteiger partial charge in [-0.2, -0.15) is 0 Å². The Hall–Kier alpha value is -1.78. The molecule has 0 aliphatic heterocycles. The number of nitrogens with two attached hydrogens (primary N) is 1. The lowest BCUT2D eigenvalue weighted by Gasteiger charge is -2.32. The molecule has 18 heavy (non-hydrogen) atoms. The summed E-state index contributed by atoms with van der Waals surface area (Å²) in [6, 6.07) is 10.6. The van der Waals surface area contributed by atoms with Crippen molar-refractivity contribution in [1.29, 1.82) is 0 Å². The summed E-state index contributed by atoms with van der Waals surface area (Å²) in [6.07, 6.45) is 5.43. The van der Waals surface area contributed by atoms with E-state index in [1.54, 1.807) is 12.5 Å². The predicted molar refractivity (Wildman–Crippen MR) is 69.6 cm³/mol. The first-order valence-electron chi connectivity index (χ1n) is 6.18. The zero-order valence-corrected chi connectivity index (χ0v) is 10.1. The molecule has 1 aromatic carbocycles. The van der Waals surface area contributed by atoms with Crippen LogP contribution in [0.25, 0.3) is 0 Å². The molecule has 4 nitrogen and oxygen atoms in total. The maximum Gasteiger partial charge on any atom is 0.115 e. The molecule has 0 saturated heterocycles. The van der Waals surface area contributed by atoms with Gasteiger partial charge >= 0.3 is 0 Å². The Morgan fingerprint density at radius 1 is 1.33 bits per heavy atom. The molecular weight excluding hydrogens is 224 g/mol. The van der Waals surface area contributed by atoms with E-state index in [0.29, 0.717) is 5.92 Å². The first kappa shape index (κ1) is 11.3. The standard InChI is InChI=1S/C14H16N4/c15-18-14(13-5-6-16-9-17-13)8-11-7-10-3-1-2-4-12(10)11/h1-6,9,11,14,18H,7-8,15H2. The van der Waals surface area contributed by atoms with Crippen LogP contribution in [0.3, 0.4) is 0 Å². The molecule has 2 unspecified atom stereocenters. The summed E-state index contributed by atoms with van der Waals surface area (Å²) in [6.45, 7) is 0. The summed E-state index contributed by atoms with van der Waals surface area (Å²) in [4.78, 5) is 8.20. The second-order valence-corrected chi connectivity index (χ2v) is 4.69. The van der Waals surface area contributed by atoms with Gasteiger partial charge in [-0.1, -0.05) is 24.3 Å². The summed E-state index contributed by atoms with van der Waals surface area (Å²) < 4.78 is 0. The molecule has 1 heterocycles. The molecule has 0 radical (unpaired) electrons. The van der Waals surface area contributed by atoms with E-state index in [-0.39, 0.29) is 6.04 Å². The van der Waals surface area contributed by atoms with Crippen LogP contribution in [-0.4, -0.2) is 9.97 Å². The predicted octanol–water partition coefficient (Wildman–Crippen LogP) is 1.71. The van der Waals surface area contributed by atoms with Crippen molar-refractivity contribution < 1.29 is 0 Å². The number of nitrogens with zero attached hydrogens (tertiary/aromatic N) is 2. The van der Waals surface area contributed by atoms with E-state index in [1.165, 1.54) is 11.1 Å². The highest BCUT2D eigenvalue weighted by Crippen LogP contribution is 2.40. The number of nitrogens with one attached hydrogen (secondary N) is 1. The van der Waals surface area contributed by atoms with Crippen LogP contribution >= 0.6 is 0 Å². The molecule has 0 fully saturated rings. The van der Waals surface area contributed by atoms with Crippen molar-refractivity contribution in [3.63, 3.8) is 0 Å². The number of aromatic nitrogens is 2. The topological polar surface area (TPSA) is 63.8 Å². The summed E-state index contributed by atoms with van der Waals surface area (Å²) in [5.41, 5.74) is 6.72. The SMILES string of the molecule is NNC(CC1Cc2ccccc21)c1ccncn1. The van der Waals surface area contributed by atoms with Crippen molar-refractivity contribution in [1.82, 2.24) is 15.4 Å². The van der Waals surface area contributed by atoms with Crippen LogP contribution in [0.4, 0.5) is 0 Å². The monoisotopic (exact) mass is 240 g/mol. The van der Waals surface area contributed by atoms with Crippen molar-refractivity contribution in [2.75, 3.05) is 0 Å². The van der Waals surface area contributed by atoms with Crippen LogP contribution in [0.15, 0.2) is 42.9 Å². The minimum absolute atomic E-state index is 0.0892. The van der Waals surface area contributed by atoms with E-state index in [9.17, 15) is 0 Å². The summed E-state index contributed by atoms with van der Waals surface area (Å²) in [5, 5.41) is 0. The second kappa shape index (κ2) is 4.84. The van der Waals surface area contributed by atoms with Crippen molar-refractivity contribution in [2.45, 2.75) is 24.8 Å². The van der Waals surface area contributed by atoms with Gasteiger partial charge in [-0.25, -0.2) is 9.97 Å². The molecule has 0 saturated carbocycles. The van der Waals surface area contributed by atoms with Gasteiger partial charge in [0.15, 0.2) is 0 Å². The Bertz CT molecular complexity index is 526. The van der Waals surface area contributed by atoms with E-state index < -0.39 is 0 Å². The Labute approximate surface area is 106 Å². The average Bonchev–Trinajstić information content (AvgIpc) is 2.41. The minimum Gasteiger partial charge on any atom is -0.271 e. The number of rotatable bonds is 4. The zero-order chi connectivity index (χ0) is 12.4. The second-order valence-electron chi connectivity index (χ2n) is 4.69. The van der Waals surface area contributed by atoms with E-state index in [2.05, 4.69) is 39.7 Å². The molecule has 1 aromatic heterocycles. The van der Waals surface area contributed by atoms with E-state index in [1.807, 2.05) is 6.07 Å². The van der Waals surface area contributed by atoms with Gasteiger partial charge in [-0.15, -0.1) is 0 Å². The van der Waals surface area contributed by atoms with E-state index in [0.717, 1.165) is 18.5 Å². The lowest BCUT2D eigenvalue weighted by atomic mass is 9.74. The number of hydrogen-bond donors (Lipinski definition) is 2. The van der Waals surface area contributed by atoms with Crippen molar-refractivity contribution in [3.8, 4) is 0 Å². The zero-order valence-electron chi connectivity index (χ0n) is 10.1. The number of fused-ring (bicyclic) bond motifs is 1. The normalized spacial score (nSPS) is 18.8.